The van der Waals surface area contributed by atoms with Crippen LogP contribution in [-0.4, -0.2) is 52.4 Å². The third kappa shape index (κ3) is 3.32. The van der Waals surface area contributed by atoms with Gasteiger partial charge in [-0.25, -0.2) is 4.39 Å². The van der Waals surface area contributed by atoms with E-state index in [4.69, 9.17) is 0 Å². The van der Waals surface area contributed by atoms with E-state index < -0.39 is 31.1 Å². The van der Waals surface area contributed by atoms with Gasteiger partial charge in [-0.1, -0.05) is 24.3 Å². The van der Waals surface area contributed by atoms with Crippen molar-refractivity contribution in [3.63, 3.8) is 0 Å². The van der Waals surface area contributed by atoms with Gasteiger partial charge >= 0.3 is 0 Å². The predicted octanol–water partition coefficient (Wildman–Crippen LogP) is 2.37. The van der Waals surface area contributed by atoms with Crippen LogP contribution in [-0.2, 0) is 0 Å². The van der Waals surface area contributed by atoms with Crippen LogP contribution in [0.15, 0.2) is 59.7 Å². The van der Waals surface area contributed by atoms with Gasteiger partial charge in [0.05, 0.1) is 31.2 Å². The lowest BCUT2D eigenvalue weighted by atomic mass is 9.92. The number of anilines is 1. The molecule has 1 heterocycles. The summed E-state index contributed by atoms with van der Waals surface area (Å²) in [7, 11) is 0. The largest absolute Gasteiger partial charge is 0.394 e. The molecule has 0 saturated carbocycles. The molecule has 2 amide bonds. The van der Waals surface area contributed by atoms with Crippen LogP contribution in [0, 0.1) is 5.82 Å². The van der Waals surface area contributed by atoms with Crippen molar-refractivity contribution >= 4 is 34.5 Å². The van der Waals surface area contributed by atoms with Gasteiger partial charge in [-0.3, -0.25) is 19.9 Å². The van der Waals surface area contributed by atoms with Gasteiger partial charge < -0.3 is 10.2 Å². The molecule has 0 saturated heterocycles. The molecule has 0 spiro atoms. The lowest BCUT2D eigenvalue weighted by molar-refractivity contribution is 0.0375. The zero-order chi connectivity index (χ0) is 21.3. The van der Waals surface area contributed by atoms with Crippen molar-refractivity contribution in [3.8, 4) is 0 Å². The number of hydrogen-bond donors (Lipinski definition) is 3. The van der Waals surface area contributed by atoms with Crippen molar-refractivity contribution in [2.45, 2.75) is 6.04 Å². The Hall–Kier alpha value is -3.62. The van der Waals surface area contributed by atoms with E-state index in [1.807, 2.05) is 0 Å². The van der Waals surface area contributed by atoms with Gasteiger partial charge in [0.25, 0.3) is 11.8 Å². The first-order valence-corrected chi connectivity index (χ1v) is 9.25. The van der Waals surface area contributed by atoms with Crippen molar-refractivity contribution in [1.82, 2.24) is 4.90 Å². The summed E-state index contributed by atoms with van der Waals surface area (Å²) < 4.78 is 13.3. The maximum atomic E-state index is 13.3. The average molecular weight is 407 g/mol. The van der Waals surface area contributed by atoms with Gasteiger partial charge in [-0.2, -0.15) is 5.10 Å². The van der Waals surface area contributed by atoms with E-state index in [1.165, 1.54) is 18.3 Å². The molecule has 1 aliphatic rings. The van der Waals surface area contributed by atoms with Crippen LogP contribution in [0.3, 0.4) is 0 Å². The highest BCUT2D eigenvalue weighted by molar-refractivity contribution is 6.26. The van der Waals surface area contributed by atoms with E-state index >= 15 is 0 Å². The molecule has 0 atom stereocenters. The molecule has 0 bridgehead atoms. The smallest absolute Gasteiger partial charge is 0.261 e. The average Bonchev–Trinajstić information content (AvgIpc) is 2.75. The minimum absolute atomic E-state index is 0.298. The Morgan fingerprint density at radius 2 is 1.70 bits per heavy atom. The molecular weight excluding hydrogens is 389 g/mol. The molecule has 8 heteroatoms. The second-order valence-electron chi connectivity index (χ2n) is 6.81. The number of carbonyl (C=O) groups excluding carboxylic acids is 2. The summed E-state index contributed by atoms with van der Waals surface area (Å²) in [5, 5.41) is 24.1. The number of benzene rings is 3. The summed E-state index contributed by atoms with van der Waals surface area (Å²) in [5.74, 6) is -1.52. The van der Waals surface area contributed by atoms with Crippen LogP contribution in [0.1, 0.15) is 26.3 Å². The topological polar surface area (TPSA) is 102 Å². The number of amides is 2. The zero-order valence-corrected chi connectivity index (χ0v) is 15.7. The van der Waals surface area contributed by atoms with Gasteiger partial charge in [-0.05, 0) is 35.9 Å². The van der Waals surface area contributed by atoms with E-state index in [9.17, 15) is 24.2 Å². The normalized spacial score (nSPS) is 13.7. The second-order valence-corrected chi connectivity index (χ2v) is 6.81. The monoisotopic (exact) mass is 407 g/mol. The molecular formula is C22H18FN3O4. The standard InChI is InChI=1S/C22H18FN3O4/c23-14-4-1-3-13(9-14)10-24-25-19-8-7-18-20-16(19)5-2-6-17(20)21(29)26(22(18)30)15(11-27)12-28/h1-10,15,25,27-28H,11-12H2/b24-10+. The number of carbonyl (C=O) groups is 2. The summed E-state index contributed by atoms with van der Waals surface area (Å²) in [4.78, 5) is 26.7. The van der Waals surface area contributed by atoms with E-state index in [1.54, 1.807) is 42.5 Å². The fourth-order valence-electron chi connectivity index (χ4n) is 3.53. The number of halogens is 1. The van der Waals surface area contributed by atoms with E-state index in [0.717, 1.165) is 4.90 Å². The maximum Gasteiger partial charge on any atom is 0.261 e. The number of hydrazone groups is 1. The number of imide groups is 1. The molecule has 152 valence electrons. The number of aliphatic hydroxyl groups is 2. The highest BCUT2D eigenvalue weighted by Gasteiger charge is 2.37. The second kappa shape index (κ2) is 8.02. The molecule has 0 fully saturated rings. The van der Waals surface area contributed by atoms with Gasteiger partial charge in [0.1, 0.15) is 5.82 Å². The number of rotatable bonds is 6. The van der Waals surface area contributed by atoms with Crippen LogP contribution in [0.2, 0.25) is 0 Å². The van der Waals surface area contributed by atoms with Crippen LogP contribution in [0.5, 0.6) is 0 Å². The Bertz CT molecular complexity index is 1150. The van der Waals surface area contributed by atoms with Crippen molar-refractivity contribution in [3.05, 3.63) is 77.1 Å². The molecule has 0 aromatic heterocycles. The van der Waals surface area contributed by atoms with Gasteiger partial charge in [0, 0.05) is 21.9 Å². The lowest BCUT2D eigenvalue weighted by Crippen LogP contribution is -2.50. The maximum absolute atomic E-state index is 13.3. The molecule has 3 aromatic rings. The lowest BCUT2D eigenvalue weighted by Gasteiger charge is -2.32. The quantitative estimate of drug-likeness (QED) is 0.331. The summed E-state index contributed by atoms with van der Waals surface area (Å²) in [6.07, 6.45) is 1.46. The molecule has 0 radical (unpaired) electrons. The SMILES string of the molecule is O=C1c2cccc3c(N/N=C/c4cccc(F)c4)ccc(c23)C(=O)N1C(CO)CO. The van der Waals surface area contributed by atoms with Gasteiger partial charge in [0.2, 0.25) is 0 Å². The molecule has 3 aromatic carbocycles. The summed E-state index contributed by atoms with van der Waals surface area (Å²) in [6.45, 7) is -1.07. The Labute approximate surface area is 171 Å². The summed E-state index contributed by atoms with van der Waals surface area (Å²) >= 11 is 0. The number of nitrogens with zero attached hydrogens (tertiary/aromatic N) is 2. The fourth-order valence-corrected chi connectivity index (χ4v) is 3.53. The van der Waals surface area contributed by atoms with Crippen molar-refractivity contribution in [2.24, 2.45) is 5.10 Å². The Balaban J connectivity index is 1.73. The van der Waals surface area contributed by atoms with Gasteiger partial charge in [-0.15, -0.1) is 0 Å². The first-order chi connectivity index (χ1) is 14.5. The molecule has 30 heavy (non-hydrogen) atoms. The first kappa shape index (κ1) is 19.7. The number of hydrogen-bond acceptors (Lipinski definition) is 6. The summed E-state index contributed by atoms with van der Waals surface area (Å²) in [6, 6.07) is 13.2. The van der Waals surface area contributed by atoms with Crippen LogP contribution in [0.25, 0.3) is 10.8 Å². The highest BCUT2D eigenvalue weighted by Crippen LogP contribution is 2.35. The minimum atomic E-state index is -1.01. The fraction of sp³-hybridized carbons (Fsp3) is 0.136. The molecule has 7 nitrogen and oxygen atoms in total. The van der Waals surface area contributed by atoms with Crippen LogP contribution in [0.4, 0.5) is 10.1 Å². The van der Waals surface area contributed by atoms with E-state index in [2.05, 4.69) is 10.5 Å². The van der Waals surface area contributed by atoms with Crippen molar-refractivity contribution in [2.75, 3.05) is 18.6 Å². The third-order valence-corrected chi connectivity index (χ3v) is 4.97. The van der Waals surface area contributed by atoms with Crippen LogP contribution >= 0.6 is 0 Å². The van der Waals surface area contributed by atoms with E-state index in [0.29, 0.717) is 33.2 Å². The minimum Gasteiger partial charge on any atom is -0.394 e. The van der Waals surface area contributed by atoms with E-state index in [-0.39, 0.29) is 5.82 Å². The Morgan fingerprint density at radius 1 is 1.00 bits per heavy atom. The molecule has 0 aliphatic carbocycles. The predicted molar refractivity (Wildman–Crippen MR) is 110 cm³/mol. The summed E-state index contributed by atoms with van der Waals surface area (Å²) in [5.41, 5.74) is 4.61. The molecule has 3 N–H and O–H groups in total. The van der Waals surface area contributed by atoms with Gasteiger partial charge in [0.15, 0.2) is 0 Å². The Kier molecular flexibility index (Phi) is 5.26. The first-order valence-electron chi connectivity index (χ1n) is 9.25. The molecule has 1 aliphatic heterocycles. The highest BCUT2D eigenvalue weighted by atomic mass is 19.1. The van der Waals surface area contributed by atoms with Crippen LogP contribution < -0.4 is 5.43 Å². The molecule has 0 unspecified atom stereocenters. The molecule has 4 rings (SSSR count). The Morgan fingerprint density at radius 3 is 2.40 bits per heavy atom. The van der Waals surface area contributed by atoms with Crippen molar-refractivity contribution < 1.29 is 24.2 Å². The van der Waals surface area contributed by atoms with Crippen molar-refractivity contribution in [1.29, 1.82) is 0 Å². The number of nitrogens with one attached hydrogen (secondary N) is 1. The zero-order valence-electron chi connectivity index (χ0n) is 15.7. The number of aliphatic hydroxyl groups excluding tert-OH is 2. The third-order valence-electron chi connectivity index (χ3n) is 4.97.